The van der Waals surface area contributed by atoms with Gasteiger partial charge in [-0.3, -0.25) is 15.8 Å². The number of rotatable bonds is 2. The molecule has 4 rings (SSSR count). The van der Waals surface area contributed by atoms with E-state index in [-0.39, 0.29) is 16.5 Å². The van der Waals surface area contributed by atoms with E-state index in [2.05, 4.69) is 17.1 Å². The number of nitrogens with one attached hydrogen (secondary N) is 1. The highest BCUT2D eigenvalue weighted by atomic mass is 35.5. The minimum atomic E-state index is -1.29. The second-order valence-electron chi connectivity index (χ2n) is 6.09. The smallest absolute Gasteiger partial charge is 0.277 e. The Bertz CT molecular complexity index is 932. The molecule has 1 spiro atoms. The second-order valence-corrected chi connectivity index (χ2v) is 7.77. The molecule has 0 aromatic heterocycles. The van der Waals surface area contributed by atoms with Gasteiger partial charge in [-0.15, -0.1) is 0 Å². The number of amidine groups is 1. The fourth-order valence-electron chi connectivity index (χ4n) is 4.15. The molecule has 1 aliphatic carbocycles. The number of non-ortho nitro benzene ring substituents is 1. The molecule has 4 atom stereocenters. The van der Waals surface area contributed by atoms with Crippen molar-refractivity contribution in [3.63, 3.8) is 0 Å². The number of nitrogens with zero attached hydrogens (tertiary/aromatic N) is 3. The topological polar surface area (TPSA) is 140 Å². The predicted octanol–water partition coefficient (Wildman–Crippen LogP) is 0.234. The molecule has 0 amide bonds. The standard InChI is InChI=1S/C15H10ClN5O3S/c16-10-5-8(21(22)23)1-2-9(10)11-13(6-17)12(19)20-15(14(11,13)7-18)24-3-4-25-15/h1-2,5,11H,3-4H2,(H2,19,20)/p+1/t11-,13-,14-,15-/m1/s1. The molecule has 0 unspecified atom stereocenters. The van der Waals surface area contributed by atoms with Crippen LogP contribution in [0.2, 0.25) is 5.02 Å². The second kappa shape index (κ2) is 4.85. The van der Waals surface area contributed by atoms with Crippen molar-refractivity contribution in [3.8, 4) is 12.1 Å². The van der Waals surface area contributed by atoms with Crippen molar-refractivity contribution in [3.05, 3.63) is 38.9 Å². The molecule has 3 N–H and O–H groups in total. The molecule has 2 heterocycles. The highest BCUT2D eigenvalue weighted by Gasteiger charge is 2.96. The number of nitro groups is 1. The zero-order valence-electron chi connectivity index (χ0n) is 12.7. The Morgan fingerprint density at radius 3 is 2.76 bits per heavy atom. The van der Waals surface area contributed by atoms with Crippen molar-refractivity contribution in [2.24, 2.45) is 16.6 Å². The number of ether oxygens (including phenoxy) is 1. The van der Waals surface area contributed by atoms with Gasteiger partial charge in [0.25, 0.3) is 16.6 Å². The number of hydrogen-bond donors (Lipinski definition) is 2. The fraction of sp³-hybridized carbons (Fsp3) is 0.400. The zero-order valence-corrected chi connectivity index (χ0v) is 14.2. The Balaban J connectivity index is 1.91. The Morgan fingerprint density at radius 1 is 1.48 bits per heavy atom. The number of benzene rings is 1. The molecular formula is C15H11ClN5O3S+. The number of nitrogens with two attached hydrogens (primary N) is 1. The molecule has 3 aliphatic rings. The largest absolute Gasteiger partial charge is 0.327 e. The van der Waals surface area contributed by atoms with E-state index in [1.54, 1.807) is 0 Å². The van der Waals surface area contributed by atoms with Gasteiger partial charge in [0.15, 0.2) is 10.8 Å². The molecule has 10 heteroatoms. The molecule has 126 valence electrons. The van der Waals surface area contributed by atoms with Crippen LogP contribution in [0.15, 0.2) is 18.2 Å². The van der Waals surface area contributed by atoms with Crippen molar-refractivity contribution < 1.29 is 14.7 Å². The number of nitro benzene ring substituents is 1. The number of hydrogen-bond acceptors (Lipinski definition) is 7. The van der Waals surface area contributed by atoms with Crippen LogP contribution in [0.25, 0.3) is 0 Å². The van der Waals surface area contributed by atoms with Gasteiger partial charge in [0, 0.05) is 23.8 Å². The first-order chi connectivity index (χ1) is 11.9. The highest BCUT2D eigenvalue weighted by molar-refractivity contribution is 8.00. The Kier molecular flexibility index (Phi) is 3.14. The third kappa shape index (κ3) is 1.59. The summed E-state index contributed by atoms with van der Waals surface area (Å²) >= 11 is 7.66. The summed E-state index contributed by atoms with van der Waals surface area (Å²) in [6, 6.07) is 8.47. The van der Waals surface area contributed by atoms with Gasteiger partial charge in [-0.05, 0) is 5.56 Å². The molecular weight excluding hydrogens is 366 g/mol. The molecule has 1 saturated carbocycles. The lowest BCUT2D eigenvalue weighted by atomic mass is 9.95. The summed E-state index contributed by atoms with van der Waals surface area (Å²) in [7, 11) is 0. The molecule has 1 aromatic carbocycles. The Morgan fingerprint density at radius 2 is 2.24 bits per heavy atom. The predicted molar refractivity (Wildman–Crippen MR) is 88.2 cm³/mol. The highest BCUT2D eigenvalue weighted by Crippen LogP contribution is 2.81. The summed E-state index contributed by atoms with van der Waals surface area (Å²) in [6.07, 6.45) is 0. The van der Waals surface area contributed by atoms with E-state index >= 15 is 0 Å². The Hall–Kier alpha value is -2.33. The molecule has 2 aliphatic heterocycles. The van der Waals surface area contributed by atoms with Crippen molar-refractivity contribution in [2.45, 2.75) is 11.0 Å². The van der Waals surface area contributed by atoms with Gasteiger partial charge in [-0.25, -0.2) is 4.99 Å². The van der Waals surface area contributed by atoms with Gasteiger partial charge in [-0.2, -0.15) is 10.5 Å². The normalized spacial score (nSPS) is 37.9. The fourth-order valence-corrected chi connectivity index (χ4v) is 5.79. The van der Waals surface area contributed by atoms with E-state index in [9.17, 15) is 20.6 Å². The summed E-state index contributed by atoms with van der Waals surface area (Å²) in [4.78, 5) is 13.4. The van der Waals surface area contributed by atoms with Crippen LogP contribution in [0.5, 0.6) is 0 Å². The van der Waals surface area contributed by atoms with Gasteiger partial charge in [0.05, 0.1) is 28.7 Å². The van der Waals surface area contributed by atoms with E-state index in [1.165, 1.54) is 30.0 Å². The molecule has 8 nitrogen and oxygen atoms in total. The van der Waals surface area contributed by atoms with Crippen molar-refractivity contribution in [1.82, 2.24) is 0 Å². The summed E-state index contributed by atoms with van der Waals surface area (Å²) in [5, 5.41) is 29.8. The molecule has 1 aromatic rings. The average Bonchev–Trinajstić information content (AvgIpc) is 2.82. The van der Waals surface area contributed by atoms with Gasteiger partial charge < -0.3 is 4.74 Å². The van der Waals surface area contributed by atoms with Crippen LogP contribution in [-0.4, -0.2) is 28.2 Å². The van der Waals surface area contributed by atoms with Crippen LogP contribution in [0.4, 0.5) is 5.69 Å². The number of fused-ring (bicyclic) bond motifs is 2. The van der Waals surface area contributed by atoms with Crippen molar-refractivity contribution in [1.29, 1.82) is 10.5 Å². The molecule has 25 heavy (non-hydrogen) atoms. The maximum Gasteiger partial charge on any atom is 0.277 e. The van der Waals surface area contributed by atoms with Crippen LogP contribution >= 0.6 is 23.4 Å². The number of halogens is 1. The van der Waals surface area contributed by atoms with E-state index < -0.39 is 26.7 Å². The van der Waals surface area contributed by atoms with Crippen molar-refractivity contribution >= 4 is 34.9 Å². The molecule has 0 bridgehead atoms. The third-order valence-electron chi connectivity index (χ3n) is 5.20. The summed E-state index contributed by atoms with van der Waals surface area (Å²) < 4.78 is 5.83. The molecule has 0 radical (unpaired) electrons. The van der Waals surface area contributed by atoms with Crippen LogP contribution in [0.3, 0.4) is 0 Å². The minimum absolute atomic E-state index is 0.129. The SMILES string of the molecule is N#C[C@@]12[C@H](c3ccc([N+](=O)[O-])cc3Cl)[C@]1(C#N)C(N)=[NH+][C@@]21OCCS1. The van der Waals surface area contributed by atoms with E-state index in [4.69, 9.17) is 22.1 Å². The van der Waals surface area contributed by atoms with Gasteiger partial charge in [0.2, 0.25) is 0 Å². The lowest BCUT2D eigenvalue weighted by molar-refractivity contribution is -0.583. The third-order valence-corrected chi connectivity index (χ3v) is 6.85. The van der Waals surface area contributed by atoms with E-state index in [0.29, 0.717) is 17.9 Å². The van der Waals surface area contributed by atoms with Crippen LogP contribution in [-0.2, 0) is 4.74 Å². The first-order valence-corrected chi connectivity index (χ1v) is 8.72. The first-order valence-electron chi connectivity index (χ1n) is 7.35. The maximum absolute atomic E-state index is 10.9. The lowest BCUT2D eigenvalue weighted by Gasteiger charge is -2.23. The van der Waals surface area contributed by atoms with Crippen molar-refractivity contribution in [2.75, 3.05) is 12.4 Å². The lowest BCUT2D eigenvalue weighted by Crippen LogP contribution is -2.88. The Labute approximate surface area is 151 Å². The van der Waals surface area contributed by atoms with Crippen LogP contribution < -0.4 is 10.7 Å². The molecule has 2 fully saturated rings. The first kappa shape index (κ1) is 16.2. The zero-order chi connectivity index (χ0) is 18.0. The van der Waals surface area contributed by atoms with E-state index in [1.807, 2.05) is 0 Å². The van der Waals surface area contributed by atoms with E-state index in [0.717, 1.165) is 0 Å². The monoisotopic (exact) mass is 376 g/mol. The molecule has 1 saturated heterocycles. The van der Waals surface area contributed by atoms with Gasteiger partial charge >= 0.3 is 0 Å². The summed E-state index contributed by atoms with van der Waals surface area (Å²) in [5.74, 6) is 0.201. The van der Waals surface area contributed by atoms with Crippen LogP contribution in [0, 0.1) is 43.6 Å². The number of thioether (sulfide) groups is 1. The summed E-state index contributed by atoms with van der Waals surface area (Å²) in [5.41, 5.74) is 3.90. The minimum Gasteiger partial charge on any atom is -0.327 e. The van der Waals surface area contributed by atoms with Gasteiger partial charge in [0.1, 0.15) is 0 Å². The average molecular weight is 377 g/mol. The van der Waals surface area contributed by atoms with Gasteiger partial charge in [-0.1, -0.05) is 29.4 Å². The number of nitriles is 2. The van der Waals surface area contributed by atoms with Crippen LogP contribution in [0.1, 0.15) is 11.5 Å². The quantitative estimate of drug-likeness (QED) is 0.556. The summed E-state index contributed by atoms with van der Waals surface area (Å²) in [6.45, 7) is 0.427. The maximum atomic E-state index is 10.9.